The molecule has 2 amide bonds. The van der Waals surface area contributed by atoms with Gasteiger partial charge in [0.25, 0.3) is 0 Å². The Morgan fingerprint density at radius 3 is 2.06 bits per heavy atom. The topological polar surface area (TPSA) is 67.4 Å². The normalized spacial score (nSPS) is 26.5. The second-order valence-corrected chi connectivity index (χ2v) is 10.7. The maximum Gasteiger partial charge on any atom is 0.309 e. The fourth-order valence-electron chi connectivity index (χ4n) is 5.83. The molecule has 5 heteroatoms. The van der Waals surface area contributed by atoms with Gasteiger partial charge in [-0.05, 0) is 57.3 Å². The molecule has 0 aromatic rings. The Morgan fingerprint density at radius 1 is 0.788 bits per heavy atom. The maximum absolute atomic E-state index is 12.5. The van der Waals surface area contributed by atoms with Crippen LogP contribution in [0.2, 0.25) is 0 Å². The zero-order valence-electron chi connectivity index (χ0n) is 21.8. The van der Waals surface area contributed by atoms with Crippen LogP contribution >= 0.6 is 0 Å². The van der Waals surface area contributed by atoms with Crippen molar-refractivity contribution in [3.63, 3.8) is 0 Å². The van der Waals surface area contributed by atoms with Gasteiger partial charge in [-0.15, -0.1) is 0 Å². The Kier molecular flexibility index (Phi) is 14.1. The van der Waals surface area contributed by atoms with Gasteiger partial charge in [-0.3, -0.25) is 9.59 Å². The molecular weight excluding hydrogens is 412 g/mol. The Morgan fingerprint density at radius 2 is 1.39 bits per heavy atom. The number of carbonyl (C=O) groups is 2. The highest BCUT2D eigenvalue weighted by Gasteiger charge is 2.31. The van der Waals surface area contributed by atoms with E-state index >= 15 is 0 Å². The van der Waals surface area contributed by atoms with Crippen LogP contribution in [0.4, 0.5) is 0 Å². The van der Waals surface area contributed by atoms with Crippen molar-refractivity contribution in [1.82, 2.24) is 10.6 Å². The number of rotatable bonds is 14. The first-order valence-corrected chi connectivity index (χ1v) is 14.3. The Hall–Kier alpha value is -1.10. The van der Waals surface area contributed by atoms with E-state index in [0.29, 0.717) is 6.61 Å². The fourth-order valence-corrected chi connectivity index (χ4v) is 5.83. The van der Waals surface area contributed by atoms with Gasteiger partial charge in [-0.1, -0.05) is 84.5 Å². The Labute approximate surface area is 203 Å². The summed E-state index contributed by atoms with van der Waals surface area (Å²) in [6.45, 7) is 7.31. The van der Waals surface area contributed by atoms with Crippen LogP contribution in [0.15, 0.2) is 0 Å². The lowest BCUT2D eigenvalue weighted by atomic mass is 9.77. The molecule has 0 spiro atoms. The third-order valence-electron chi connectivity index (χ3n) is 8.03. The minimum Gasteiger partial charge on any atom is -0.376 e. The van der Waals surface area contributed by atoms with E-state index in [0.717, 1.165) is 50.4 Å². The molecule has 33 heavy (non-hydrogen) atoms. The van der Waals surface area contributed by atoms with Gasteiger partial charge in [0.15, 0.2) is 0 Å². The minimum atomic E-state index is -0.489. The quantitative estimate of drug-likeness (QED) is 0.234. The molecule has 0 aromatic heterocycles. The fraction of sp³-hybridized carbons (Fsp3) is 0.929. The smallest absolute Gasteiger partial charge is 0.309 e. The van der Waals surface area contributed by atoms with Crippen LogP contribution in [-0.2, 0) is 14.3 Å². The molecule has 2 fully saturated rings. The van der Waals surface area contributed by atoms with Crippen molar-refractivity contribution < 1.29 is 14.3 Å². The zero-order chi connectivity index (χ0) is 23.9. The monoisotopic (exact) mass is 464 g/mol. The lowest BCUT2D eigenvalue weighted by molar-refractivity contribution is -0.141. The zero-order valence-corrected chi connectivity index (χ0v) is 21.8. The molecule has 3 atom stereocenters. The summed E-state index contributed by atoms with van der Waals surface area (Å²) in [6.07, 6.45) is 20.8. The largest absolute Gasteiger partial charge is 0.376 e. The van der Waals surface area contributed by atoms with E-state index in [9.17, 15) is 9.59 Å². The first kappa shape index (κ1) is 28.1. The minimum absolute atomic E-state index is 0.0372. The number of hydrogen-bond acceptors (Lipinski definition) is 3. The van der Waals surface area contributed by atoms with E-state index in [2.05, 4.69) is 24.5 Å². The Balaban J connectivity index is 1.59. The molecule has 0 heterocycles. The summed E-state index contributed by atoms with van der Waals surface area (Å²) in [5.41, 5.74) is 0. The predicted octanol–water partition coefficient (Wildman–Crippen LogP) is 6.29. The van der Waals surface area contributed by atoms with Crippen LogP contribution in [0.1, 0.15) is 130 Å². The molecule has 2 aliphatic rings. The molecule has 0 radical (unpaired) electrons. The van der Waals surface area contributed by atoms with Crippen molar-refractivity contribution in [1.29, 1.82) is 0 Å². The molecule has 0 bridgehead atoms. The second-order valence-electron chi connectivity index (χ2n) is 10.7. The number of carbonyl (C=O) groups excluding carboxylic acids is 2. The molecular formula is C28H52N2O3. The second kappa shape index (κ2) is 16.5. The van der Waals surface area contributed by atoms with Crippen LogP contribution in [0.5, 0.6) is 0 Å². The standard InChI is InChI=1S/C28H52N2O3/c1-4-6-7-8-9-10-11-12-15-22(3)23-18-20-24(21-19-23)29-27(31)28(32)30-25-16-13-14-17-26(25)33-5-2/h22-26H,4-21H2,1-3H3,(H,29,31)(H,30,32). The lowest BCUT2D eigenvalue weighted by Crippen LogP contribution is -2.52. The first-order chi connectivity index (χ1) is 16.0. The number of amides is 2. The molecule has 0 aromatic carbocycles. The first-order valence-electron chi connectivity index (χ1n) is 14.3. The van der Waals surface area contributed by atoms with Crippen LogP contribution in [0.3, 0.4) is 0 Å². The van der Waals surface area contributed by atoms with Gasteiger partial charge in [0.1, 0.15) is 0 Å². The van der Waals surface area contributed by atoms with E-state index < -0.39 is 11.8 Å². The molecule has 3 unspecified atom stereocenters. The summed E-state index contributed by atoms with van der Waals surface area (Å²) >= 11 is 0. The van der Waals surface area contributed by atoms with Crippen molar-refractivity contribution >= 4 is 11.8 Å². The van der Waals surface area contributed by atoms with E-state index in [1.807, 2.05) is 6.92 Å². The maximum atomic E-state index is 12.5. The molecule has 2 N–H and O–H groups in total. The average molecular weight is 465 g/mol. The molecule has 2 aliphatic carbocycles. The predicted molar refractivity (Wildman–Crippen MR) is 136 cm³/mol. The van der Waals surface area contributed by atoms with Crippen molar-refractivity contribution in [2.24, 2.45) is 11.8 Å². The van der Waals surface area contributed by atoms with Gasteiger partial charge in [-0.2, -0.15) is 0 Å². The van der Waals surface area contributed by atoms with Gasteiger partial charge in [0, 0.05) is 12.6 Å². The number of nitrogens with one attached hydrogen (secondary N) is 2. The summed E-state index contributed by atoms with van der Waals surface area (Å²) in [5, 5.41) is 5.95. The van der Waals surface area contributed by atoms with Gasteiger partial charge >= 0.3 is 11.8 Å². The van der Waals surface area contributed by atoms with Crippen LogP contribution in [0, 0.1) is 11.8 Å². The van der Waals surface area contributed by atoms with E-state index in [1.165, 1.54) is 70.6 Å². The summed E-state index contributed by atoms with van der Waals surface area (Å²) < 4.78 is 5.77. The van der Waals surface area contributed by atoms with Gasteiger partial charge < -0.3 is 15.4 Å². The SMILES string of the molecule is CCCCCCCCCCC(C)C1CCC(NC(=O)C(=O)NC2CCCCC2OCC)CC1. The molecule has 5 nitrogen and oxygen atoms in total. The highest BCUT2D eigenvalue weighted by Crippen LogP contribution is 2.33. The van der Waals surface area contributed by atoms with Crippen molar-refractivity contribution in [2.75, 3.05) is 6.61 Å². The van der Waals surface area contributed by atoms with Crippen LogP contribution in [0.25, 0.3) is 0 Å². The Bertz CT molecular complexity index is 543. The highest BCUT2D eigenvalue weighted by atomic mass is 16.5. The number of ether oxygens (including phenoxy) is 1. The summed E-state index contributed by atoms with van der Waals surface area (Å²) in [6, 6.07) is 0.105. The molecule has 0 saturated heterocycles. The van der Waals surface area contributed by atoms with E-state index in [1.54, 1.807) is 0 Å². The highest BCUT2D eigenvalue weighted by molar-refractivity contribution is 6.35. The number of unbranched alkanes of at least 4 members (excludes halogenated alkanes) is 7. The lowest BCUT2D eigenvalue weighted by Gasteiger charge is -2.33. The molecule has 2 saturated carbocycles. The van der Waals surface area contributed by atoms with Gasteiger partial charge in [-0.25, -0.2) is 0 Å². The van der Waals surface area contributed by atoms with E-state index in [-0.39, 0.29) is 18.2 Å². The van der Waals surface area contributed by atoms with Crippen molar-refractivity contribution in [3.05, 3.63) is 0 Å². The van der Waals surface area contributed by atoms with Crippen molar-refractivity contribution in [2.45, 2.75) is 148 Å². The molecule has 0 aliphatic heterocycles. The van der Waals surface area contributed by atoms with Crippen LogP contribution in [-0.4, -0.2) is 36.6 Å². The van der Waals surface area contributed by atoms with Crippen LogP contribution < -0.4 is 10.6 Å². The summed E-state index contributed by atoms with van der Waals surface area (Å²) in [5.74, 6) is 0.584. The molecule has 192 valence electrons. The van der Waals surface area contributed by atoms with Crippen molar-refractivity contribution in [3.8, 4) is 0 Å². The average Bonchev–Trinajstić information content (AvgIpc) is 2.82. The van der Waals surface area contributed by atoms with Gasteiger partial charge in [0.2, 0.25) is 0 Å². The van der Waals surface area contributed by atoms with E-state index in [4.69, 9.17) is 4.74 Å². The summed E-state index contributed by atoms with van der Waals surface area (Å²) in [4.78, 5) is 25.0. The molecule has 2 rings (SSSR count). The third kappa shape index (κ3) is 10.8. The number of hydrogen-bond donors (Lipinski definition) is 2. The van der Waals surface area contributed by atoms with Gasteiger partial charge in [0.05, 0.1) is 12.1 Å². The third-order valence-corrected chi connectivity index (χ3v) is 8.03. The summed E-state index contributed by atoms with van der Waals surface area (Å²) in [7, 11) is 0.